The molecule has 0 N–H and O–H groups in total. The zero-order chi connectivity index (χ0) is 20.3. The highest BCUT2D eigenvalue weighted by molar-refractivity contribution is 5.70. The summed E-state index contributed by atoms with van der Waals surface area (Å²) in [5.74, 6) is -0.292. The molecular weight excluding hydrogens is 360 g/mol. The fraction of sp³-hybridized carbons (Fsp3) is 0.727. The van der Waals surface area contributed by atoms with Gasteiger partial charge < -0.3 is 18.9 Å². The summed E-state index contributed by atoms with van der Waals surface area (Å²) in [5.41, 5.74) is -0.352. The average molecular weight is 390 g/mol. The Bertz CT molecular complexity index is 748. The first-order chi connectivity index (χ1) is 13.1. The van der Waals surface area contributed by atoms with Gasteiger partial charge in [0.05, 0.1) is 18.1 Å². The van der Waals surface area contributed by atoms with E-state index in [4.69, 9.17) is 18.9 Å². The number of esters is 2. The molecule has 0 aromatic heterocycles. The third kappa shape index (κ3) is 2.68. The minimum absolute atomic E-state index is 0.1000. The topological polar surface area (TPSA) is 74.4 Å². The SMILES string of the molecule is CC(=O)OC[C@]12C[C@H](OC(=O)CC(C)C)C(C)=C[C@H]1O[C@@H]1C=C[C@@]2(C)[C@]12CO2. The van der Waals surface area contributed by atoms with E-state index in [1.54, 1.807) is 0 Å². The van der Waals surface area contributed by atoms with Gasteiger partial charge >= 0.3 is 11.9 Å². The minimum Gasteiger partial charge on any atom is -0.465 e. The lowest BCUT2D eigenvalue weighted by atomic mass is 9.51. The first-order valence-corrected chi connectivity index (χ1v) is 10.1. The van der Waals surface area contributed by atoms with Crippen molar-refractivity contribution in [3.8, 4) is 0 Å². The zero-order valence-electron chi connectivity index (χ0n) is 17.3. The number of ether oxygens (including phenoxy) is 4. The second kappa shape index (κ2) is 6.42. The third-order valence-corrected chi connectivity index (χ3v) is 7.12. The fourth-order valence-corrected chi connectivity index (χ4v) is 5.30. The van der Waals surface area contributed by atoms with E-state index in [9.17, 15) is 9.59 Å². The van der Waals surface area contributed by atoms with Crippen molar-refractivity contribution in [1.29, 1.82) is 0 Å². The predicted molar refractivity (Wildman–Crippen MR) is 101 cm³/mol. The molecule has 1 spiro atoms. The molecule has 2 heterocycles. The summed E-state index contributed by atoms with van der Waals surface area (Å²) in [6.07, 6.45) is 6.51. The van der Waals surface area contributed by atoms with Crippen LogP contribution in [0.1, 0.15) is 47.5 Å². The smallest absolute Gasteiger partial charge is 0.306 e. The van der Waals surface area contributed by atoms with Crippen molar-refractivity contribution in [2.24, 2.45) is 16.7 Å². The van der Waals surface area contributed by atoms with Gasteiger partial charge in [-0.2, -0.15) is 0 Å². The van der Waals surface area contributed by atoms with Crippen molar-refractivity contribution in [1.82, 2.24) is 0 Å². The molecule has 4 aliphatic rings. The Balaban J connectivity index is 1.69. The van der Waals surface area contributed by atoms with Gasteiger partial charge in [-0.3, -0.25) is 9.59 Å². The molecule has 2 bridgehead atoms. The summed E-state index contributed by atoms with van der Waals surface area (Å²) in [5, 5.41) is 0. The molecule has 0 radical (unpaired) electrons. The lowest BCUT2D eigenvalue weighted by Crippen LogP contribution is -2.66. The maximum atomic E-state index is 12.4. The Morgan fingerprint density at radius 1 is 1.32 bits per heavy atom. The number of fused-ring (bicyclic) bond motifs is 2. The molecule has 2 aliphatic heterocycles. The van der Waals surface area contributed by atoms with Gasteiger partial charge in [0.15, 0.2) is 0 Å². The molecule has 6 atom stereocenters. The Hall–Kier alpha value is -1.66. The molecule has 0 amide bonds. The molecule has 0 aromatic rings. The molecule has 2 fully saturated rings. The molecule has 6 heteroatoms. The maximum absolute atomic E-state index is 12.4. The van der Waals surface area contributed by atoms with E-state index in [1.807, 2.05) is 26.8 Å². The number of hydrogen-bond donors (Lipinski definition) is 0. The van der Waals surface area contributed by atoms with Crippen molar-refractivity contribution >= 4 is 11.9 Å². The van der Waals surface area contributed by atoms with Gasteiger partial charge in [-0.25, -0.2) is 0 Å². The summed E-state index contributed by atoms with van der Waals surface area (Å²) in [6.45, 7) is 10.4. The molecule has 28 heavy (non-hydrogen) atoms. The molecule has 2 aliphatic carbocycles. The minimum atomic E-state index is -0.555. The summed E-state index contributed by atoms with van der Waals surface area (Å²) in [6, 6.07) is 0. The van der Waals surface area contributed by atoms with Gasteiger partial charge in [-0.15, -0.1) is 0 Å². The van der Waals surface area contributed by atoms with E-state index in [2.05, 4.69) is 19.1 Å². The van der Waals surface area contributed by atoms with Gasteiger partial charge in [0.1, 0.15) is 24.4 Å². The highest BCUT2D eigenvalue weighted by Gasteiger charge is 2.77. The van der Waals surface area contributed by atoms with Crippen LogP contribution in [0.4, 0.5) is 0 Å². The van der Waals surface area contributed by atoms with Crippen LogP contribution >= 0.6 is 0 Å². The normalized spacial score (nSPS) is 42.9. The van der Waals surface area contributed by atoms with E-state index in [-0.39, 0.29) is 48.2 Å². The molecule has 6 nitrogen and oxygen atoms in total. The summed E-state index contributed by atoms with van der Waals surface area (Å²) >= 11 is 0. The summed E-state index contributed by atoms with van der Waals surface area (Å²) < 4.78 is 23.8. The molecular formula is C22H30O6. The van der Waals surface area contributed by atoms with Crippen LogP contribution in [0.5, 0.6) is 0 Å². The van der Waals surface area contributed by atoms with E-state index in [1.165, 1.54) is 6.92 Å². The van der Waals surface area contributed by atoms with Crippen molar-refractivity contribution < 1.29 is 28.5 Å². The van der Waals surface area contributed by atoms with Crippen LogP contribution in [0.3, 0.4) is 0 Å². The molecule has 0 unspecified atom stereocenters. The molecule has 0 saturated carbocycles. The third-order valence-electron chi connectivity index (χ3n) is 7.12. The number of hydrogen-bond acceptors (Lipinski definition) is 6. The molecule has 2 saturated heterocycles. The second-order valence-corrected chi connectivity index (χ2v) is 9.34. The van der Waals surface area contributed by atoms with E-state index in [0.29, 0.717) is 19.4 Å². The molecule has 0 aromatic carbocycles. The number of epoxide rings is 1. The number of carbonyl (C=O) groups excluding carboxylic acids is 2. The summed E-state index contributed by atoms with van der Waals surface area (Å²) in [7, 11) is 0. The largest absolute Gasteiger partial charge is 0.465 e. The first kappa shape index (κ1) is 19.6. The Kier molecular flexibility index (Phi) is 4.51. The monoisotopic (exact) mass is 390 g/mol. The van der Waals surface area contributed by atoms with E-state index < -0.39 is 11.0 Å². The molecule has 4 rings (SSSR count). The number of rotatable bonds is 5. The Labute approximate surface area is 166 Å². The van der Waals surface area contributed by atoms with E-state index >= 15 is 0 Å². The lowest BCUT2D eigenvalue weighted by Gasteiger charge is -2.58. The van der Waals surface area contributed by atoms with Gasteiger partial charge in [0.2, 0.25) is 0 Å². The van der Waals surface area contributed by atoms with Gasteiger partial charge in [-0.05, 0) is 18.4 Å². The van der Waals surface area contributed by atoms with Crippen molar-refractivity contribution in [2.45, 2.75) is 71.4 Å². The Morgan fingerprint density at radius 2 is 2.04 bits per heavy atom. The Morgan fingerprint density at radius 3 is 2.64 bits per heavy atom. The molecule has 154 valence electrons. The van der Waals surface area contributed by atoms with Gasteiger partial charge in [0.25, 0.3) is 0 Å². The van der Waals surface area contributed by atoms with Crippen LogP contribution in [0, 0.1) is 16.7 Å². The first-order valence-electron chi connectivity index (χ1n) is 10.1. The average Bonchev–Trinajstić information content (AvgIpc) is 3.35. The van der Waals surface area contributed by atoms with Crippen molar-refractivity contribution in [3.05, 3.63) is 23.8 Å². The standard InChI is InChI=1S/C22H30O6/c1-13(2)8-19(24)27-16-10-21(11-25-15(4)23)18(9-14(16)3)28-17-6-7-20(21,5)22(17)12-26-22/h6-7,9,13,16-18H,8,10-12H2,1-5H3/t16-,17+,18+,20+,21+,22-/m0/s1. The predicted octanol–water partition coefficient (Wildman–Crippen LogP) is 2.96. The van der Waals surface area contributed by atoms with Crippen molar-refractivity contribution in [2.75, 3.05) is 13.2 Å². The quantitative estimate of drug-likeness (QED) is 0.408. The van der Waals surface area contributed by atoms with Crippen LogP contribution in [-0.2, 0) is 28.5 Å². The zero-order valence-corrected chi connectivity index (χ0v) is 17.3. The van der Waals surface area contributed by atoms with Gasteiger partial charge in [-0.1, -0.05) is 39.0 Å². The highest BCUT2D eigenvalue weighted by atomic mass is 16.6. The van der Waals surface area contributed by atoms with Crippen LogP contribution < -0.4 is 0 Å². The van der Waals surface area contributed by atoms with Crippen LogP contribution in [-0.4, -0.2) is 49.1 Å². The maximum Gasteiger partial charge on any atom is 0.306 e. The van der Waals surface area contributed by atoms with Crippen LogP contribution in [0.25, 0.3) is 0 Å². The fourth-order valence-electron chi connectivity index (χ4n) is 5.30. The van der Waals surface area contributed by atoms with E-state index in [0.717, 1.165) is 5.57 Å². The van der Waals surface area contributed by atoms with Crippen LogP contribution in [0.2, 0.25) is 0 Å². The summed E-state index contributed by atoms with van der Waals surface area (Å²) in [4.78, 5) is 24.0. The van der Waals surface area contributed by atoms with Gasteiger partial charge in [0, 0.05) is 25.2 Å². The highest BCUT2D eigenvalue weighted by Crippen LogP contribution is 2.69. The van der Waals surface area contributed by atoms with Crippen molar-refractivity contribution in [3.63, 3.8) is 0 Å². The lowest BCUT2D eigenvalue weighted by molar-refractivity contribution is -0.218. The second-order valence-electron chi connectivity index (χ2n) is 9.34. The number of carbonyl (C=O) groups is 2. The van der Waals surface area contributed by atoms with Crippen LogP contribution in [0.15, 0.2) is 23.8 Å².